The minimum atomic E-state index is -0.647. The maximum Gasteiger partial charge on any atom is 0.346 e. The fraction of sp³-hybridized carbons (Fsp3) is 0.571. The van der Waals surface area contributed by atoms with E-state index in [2.05, 4.69) is 10.2 Å². The van der Waals surface area contributed by atoms with Gasteiger partial charge in [-0.2, -0.15) is 0 Å². The van der Waals surface area contributed by atoms with Crippen molar-refractivity contribution in [3.63, 3.8) is 0 Å². The Kier molecular flexibility index (Phi) is 2.97. The van der Waals surface area contributed by atoms with Crippen molar-refractivity contribution < 1.29 is 19.2 Å². The third kappa shape index (κ3) is 2.25. The Morgan fingerprint density at radius 2 is 2.00 bits per heavy atom. The molecule has 0 unspecified atom stereocenters. The number of hydroxylamine groups is 2. The molecule has 6 heteroatoms. The molecule has 1 fully saturated rings. The van der Waals surface area contributed by atoms with E-state index in [-0.39, 0.29) is 19.4 Å². The molecule has 72 valence electrons. The molecule has 6 nitrogen and oxygen atoms in total. The maximum absolute atomic E-state index is 10.9. The van der Waals surface area contributed by atoms with Gasteiger partial charge in [0.15, 0.2) is 0 Å². The number of likely N-dealkylation sites (N-methyl/N-ethyl adjacent to an activating group) is 1. The normalized spacial score (nSPS) is 16.5. The maximum atomic E-state index is 10.9. The van der Waals surface area contributed by atoms with Gasteiger partial charge in [-0.3, -0.25) is 9.59 Å². The topological polar surface area (TPSA) is 75.7 Å². The number of nitrogens with one attached hydrogen (secondary N) is 1. The first-order valence-corrected chi connectivity index (χ1v) is 3.86. The summed E-state index contributed by atoms with van der Waals surface area (Å²) in [6, 6.07) is 0. The number of carbonyl (C=O) groups is 3. The van der Waals surface area contributed by atoms with Gasteiger partial charge in [0, 0.05) is 12.8 Å². The zero-order valence-electron chi connectivity index (χ0n) is 7.20. The Hall–Kier alpha value is -1.43. The molecule has 0 aromatic rings. The van der Waals surface area contributed by atoms with Crippen LogP contribution in [0, 0.1) is 0 Å². The minimum absolute atomic E-state index is 0.0307. The van der Waals surface area contributed by atoms with Crippen molar-refractivity contribution >= 4 is 17.8 Å². The van der Waals surface area contributed by atoms with E-state index in [4.69, 9.17) is 0 Å². The average Bonchev–Trinajstić information content (AvgIpc) is 2.36. The van der Waals surface area contributed by atoms with Crippen molar-refractivity contribution in [2.75, 3.05) is 13.6 Å². The summed E-state index contributed by atoms with van der Waals surface area (Å²) in [4.78, 5) is 37.2. The third-order valence-electron chi connectivity index (χ3n) is 1.52. The van der Waals surface area contributed by atoms with E-state index < -0.39 is 17.8 Å². The first-order valence-electron chi connectivity index (χ1n) is 3.86. The standard InChI is InChI=1S/C7H10N2O4/c1-8-4-7(12)13-9-5(10)2-3-6(9)11/h8H,2-4H2,1H3. The zero-order valence-corrected chi connectivity index (χ0v) is 7.20. The summed E-state index contributed by atoms with van der Waals surface area (Å²) in [5, 5.41) is 3.07. The molecule has 0 bridgehead atoms. The molecule has 1 N–H and O–H groups in total. The highest BCUT2D eigenvalue weighted by Gasteiger charge is 2.32. The lowest BCUT2D eigenvalue weighted by Gasteiger charge is -2.11. The number of imide groups is 1. The van der Waals surface area contributed by atoms with Crippen LogP contribution in [-0.4, -0.2) is 36.4 Å². The lowest BCUT2D eigenvalue weighted by atomic mass is 10.4. The zero-order chi connectivity index (χ0) is 9.84. The Bertz CT molecular complexity index is 235. The fourth-order valence-electron chi connectivity index (χ4n) is 0.936. The largest absolute Gasteiger partial charge is 0.346 e. The predicted molar refractivity (Wildman–Crippen MR) is 41.1 cm³/mol. The first kappa shape index (κ1) is 9.66. The third-order valence-corrected chi connectivity index (χ3v) is 1.52. The number of nitrogens with zero attached hydrogens (tertiary/aromatic N) is 1. The molecule has 1 aliphatic heterocycles. The molecule has 0 spiro atoms. The van der Waals surface area contributed by atoms with Crippen LogP contribution in [0.1, 0.15) is 12.8 Å². The van der Waals surface area contributed by atoms with Crippen LogP contribution in [0.3, 0.4) is 0 Å². The molecule has 0 aromatic carbocycles. The van der Waals surface area contributed by atoms with Crippen molar-refractivity contribution in [1.82, 2.24) is 10.4 Å². The van der Waals surface area contributed by atoms with Gasteiger partial charge in [0.2, 0.25) is 0 Å². The molecule has 1 rings (SSSR count). The van der Waals surface area contributed by atoms with E-state index in [1.165, 1.54) is 0 Å². The van der Waals surface area contributed by atoms with Crippen LogP contribution in [0.2, 0.25) is 0 Å². The second kappa shape index (κ2) is 3.99. The lowest BCUT2D eigenvalue weighted by molar-refractivity contribution is -0.196. The number of hydrogen-bond acceptors (Lipinski definition) is 5. The molecule has 0 aromatic heterocycles. The Morgan fingerprint density at radius 1 is 1.46 bits per heavy atom. The summed E-state index contributed by atoms with van der Waals surface area (Å²) in [5.41, 5.74) is 0. The molecular formula is C7H10N2O4. The molecule has 0 aliphatic carbocycles. The molecule has 13 heavy (non-hydrogen) atoms. The van der Waals surface area contributed by atoms with E-state index in [1.54, 1.807) is 7.05 Å². The fourth-order valence-corrected chi connectivity index (χ4v) is 0.936. The van der Waals surface area contributed by atoms with Gasteiger partial charge in [-0.05, 0) is 7.05 Å². The van der Waals surface area contributed by atoms with Crippen molar-refractivity contribution in [2.45, 2.75) is 12.8 Å². The van der Waals surface area contributed by atoms with Crippen LogP contribution in [0.15, 0.2) is 0 Å². The molecule has 1 aliphatic rings. The highest BCUT2D eigenvalue weighted by molar-refractivity contribution is 6.01. The van der Waals surface area contributed by atoms with Crippen molar-refractivity contribution in [1.29, 1.82) is 0 Å². The van der Waals surface area contributed by atoms with Gasteiger partial charge in [0.05, 0.1) is 6.54 Å². The van der Waals surface area contributed by atoms with Gasteiger partial charge in [0.1, 0.15) is 0 Å². The molecule has 0 saturated carbocycles. The second-order valence-electron chi connectivity index (χ2n) is 2.58. The number of amides is 2. The second-order valence-corrected chi connectivity index (χ2v) is 2.58. The molecule has 0 radical (unpaired) electrons. The molecular weight excluding hydrogens is 176 g/mol. The van der Waals surface area contributed by atoms with Gasteiger partial charge in [-0.1, -0.05) is 0 Å². The van der Waals surface area contributed by atoms with Crippen molar-refractivity contribution in [2.24, 2.45) is 0 Å². The van der Waals surface area contributed by atoms with Crippen LogP contribution in [0.4, 0.5) is 0 Å². The number of carbonyl (C=O) groups excluding carboxylic acids is 3. The van der Waals surface area contributed by atoms with Crippen LogP contribution in [-0.2, 0) is 19.2 Å². The smallest absolute Gasteiger partial charge is 0.329 e. The van der Waals surface area contributed by atoms with Gasteiger partial charge in [0.25, 0.3) is 11.8 Å². The first-order chi connectivity index (χ1) is 6.15. The van der Waals surface area contributed by atoms with E-state index in [9.17, 15) is 14.4 Å². The monoisotopic (exact) mass is 186 g/mol. The predicted octanol–water partition coefficient (Wildman–Crippen LogP) is -1.19. The molecule has 1 saturated heterocycles. The SMILES string of the molecule is CNCC(=O)ON1C(=O)CCC1=O. The molecule has 2 amide bonds. The quantitative estimate of drug-likeness (QED) is 0.561. The van der Waals surface area contributed by atoms with E-state index in [0.717, 1.165) is 0 Å². The average molecular weight is 186 g/mol. The summed E-state index contributed by atoms with van der Waals surface area (Å²) in [7, 11) is 1.56. The lowest BCUT2D eigenvalue weighted by Crippen LogP contribution is -2.35. The van der Waals surface area contributed by atoms with Crippen LogP contribution in [0.5, 0.6) is 0 Å². The van der Waals surface area contributed by atoms with E-state index >= 15 is 0 Å². The molecule has 1 heterocycles. The van der Waals surface area contributed by atoms with Gasteiger partial charge in [-0.15, -0.1) is 5.06 Å². The van der Waals surface area contributed by atoms with E-state index in [1.807, 2.05) is 0 Å². The summed E-state index contributed by atoms with van der Waals surface area (Å²) in [6.07, 6.45) is 0.233. The van der Waals surface area contributed by atoms with Gasteiger partial charge < -0.3 is 10.2 Å². The summed E-state index contributed by atoms with van der Waals surface area (Å²) in [5.74, 6) is -1.57. The van der Waals surface area contributed by atoms with Crippen LogP contribution in [0.25, 0.3) is 0 Å². The highest BCUT2D eigenvalue weighted by atomic mass is 16.7. The minimum Gasteiger partial charge on any atom is -0.329 e. The number of rotatable bonds is 3. The summed E-state index contributed by atoms with van der Waals surface area (Å²) < 4.78 is 0. The van der Waals surface area contributed by atoms with Gasteiger partial charge >= 0.3 is 5.97 Å². The van der Waals surface area contributed by atoms with E-state index in [0.29, 0.717) is 5.06 Å². The highest BCUT2D eigenvalue weighted by Crippen LogP contribution is 2.11. The summed E-state index contributed by atoms with van der Waals surface area (Å²) >= 11 is 0. The Labute approximate surface area is 74.8 Å². The Balaban J connectivity index is 2.48. The van der Waals surface area contributed by atoms with Crippen molar-refractivity contribution in [3.05, 3.63) is 0 Å². The molecule has 0 atom stereocenters. The Morgan fingerprint density at radius 3 is 2.46 bits per heavy atom. The van der Waals surface area contributed by atoms with Gasteiger partial charge in [-0.25, -0.2) is 4.79 Å². The van der Waals surface area contributed by atoms with Crippen LogP contribution < -0.4 is 5.32 Å². The summed E-state index contributed by atoms with van der Waals surface area (Å²) in [6.45, 7) is -0.0307. The van der Waals surface area contributed by atoms with Crippen LogP contribution >= 0.6 is 0 Å². The number of hydrogen-bond donors (Lipinski definition) is 1. The van der Waals surface area contributed by atoms with Crippen molar-refractivity contribution in [3.8, 4) is 0 Å².